The Hall–Kier alpha value is -2.86. The predicted molar refractivity (Wildman–Crippen MR) is 103 cm³/mol. The molecule has 0 atom stereocenters. The van der Waals surface area contributed by atoms with Crippen LogP contribution in [0.2, 0.25) is 0 Å². The predicted octanol–water partition coefficient (Wildman–Crippen LogP) is 4.38. The van der Waals surface area contributed by atoms with E-state index >= 15 is 0 Å². The van der Waals surface area contributed by atoms with Crippen LogP contribution in [0.3, 0.4) is 0 Å². The number of benzene rings is 2. The summed E-state index contributed by atoms with van der Waals surface area (Å²) in [6.07, 6.45) is 1.30. The first-order chi connectivity index (χ1) is 12.7. The Bertz CT molecular complexity index is 981. The van der Waals surface area contributed by atoms with Crippen LogP contribution in [0, 0.1) is 0 Å². The fourth-order valence-electron chi connectivity index (χ4n) is 3.05. The van der Waals surface area contributed by atoms with Gasteiger partial charge in [-0.25, -0.2) is 4.98 Å². The molecular weight excluding hydrogens is 348 g/mol. The van der Waals surface area contributed by atoms with Gasteiger partial charge in [0.2, 0.25) is 5.91 Å². The van der Waals surface area contributed by atoms with Gasteiger partial charge in [0.1, 0.15) is 5.01 Å². The molecule has 2 aromatic carbocycles. The molecule has 0 fully saturated rings. The number of methoxy groups -OCH3 is 2. The molecule has 2 heterocycles. The van der Waals surface area contributed by atoms with Gasteiger partial charge in [-0.05, 0) is 42.3 Å². The second-order valence-corrected chi connectivity index (χ2v) is 6.89. The van der Waals surface area contributed by atoms with E-state index in [-0.39, 0.29) is 5.91 Å². The maximum Gasteiger partial charge on any atom is 0.224 e. The van der Waals surface area contributed by atoms with Crippen molar-refractivity contribution in [3.8, 4) is 33.3 Å². The van der Waals surface area contributed by atoms with Crippen LogP contribution in [-0.4, -0.2) is 25.1 Å². The number of amides is 1. The van der Waals surface area contributed by atoms with Gasteiger partial charge in [0, 0.05) is 28.6 Å². The van der Waals surface area contributed by atoms with Gasteiger partial charge in [0.15, 0.2) is 11.5 Å². The summed E-state index contributed by atoms with van der Waals surface area (Å²) in [6, 6.07) is 11.9. The number of thiazole rings is 1. The van der Waals surface area contributed by atoms with Crippen LogP contribution in [0.1, 0.15) is 12.0 Å². The standard InChI is InChI=1S/C20H18N2O3S/c1-24-17-7-4-14(10-18(17)25-2)20-22-16(11-26-20)13-3-6-15-12(9-13)5-8-19(23)21-15/h3-4,6-7,9-11H,5,8H2,1-2H3,(H,21,23). The number of rotatable bonds is 4. The number of carbonyl (C=O) groups is 1. The van der Waals surface area contributed by atoms with Crippen molar-refractivity contribution in [2.45, 2.75) is 12.8 Å². The fourth-order valence-corrected chi connectivity index (χ4v) is 3.88. The quantitative estimate of drug-likeness (QED) is 0.744. The molecule has 1 aromatic heterocycles. The SMILES string of the molecule is COc1ccc(-c2nc(-c3ccc4c(c3)CCC(=O)N4)cs2)cc1OC. The molecule has 1 amide bonds. The maximum absolute atomic E-state index is 11.5. The van der Waals surface area contributed by atoms with E-state index in [9.17, 15) is 4.79 Å². The normalized spacial score (nSPS) is 13.1. The van der Waals surface area contributed by atoms with Gasteiger partial charge >= 0.3 is 0 Å². The van der Waals surface area contributed by atoms with E-state index in [1.54, 1.807) is 25.6 Å². The summed E-state index contributed by atoms with van der Waals surface area (Å²) >= 11 is 1.59. The van der Waals surface area contributed by atoms with Gasteiger partial charge < -0.3 is 14.8 Å². The van der Waals surface area contributed by atoms with Crippen LogP contribution >= 0.6 is 11.3 Å². The molecule has 1 aliphatic rings. The smallest absolute Gasteiger partial charge is 0.224 e. The second kappa shape index (κ2) is 6.80. The van der Waals surface area contributed by atoms with Crippen LogP contribution in [0.15, 0.2) is 41.8 Å². The Morgan fingerprint density at radius 2 is 1.81 bits per heavy atom. The van der Waals surface area contributed by atoms with E-state index in [4.69, 9.17) is 14.5 Å². The van der Waals surface area contributed by atoms with Gasteiger partial charge in [-0.3, -0.25) is 4.79 Å². The topological polar surface area (TPSA) is 60.5 Å². The molecule has 0 spiro atoms. The number of carbonyl (C=O) groups excluding carboxylic acids is 1. The maximum atomic E-state index is 11.5. The minimum atomic E-state index is 0.0784. The molecule has 0 saturated carbocycles. The van der Waals surface area contributed by atoms with Crippen LogP contribution < -0.4 is 14.8 Å². The third kappa shape index (κ3) is 3.04. The van der Waals surface area contributed by atoms with Gasteiger partial charge in [0.25, 0.3) is 0 Å². The number of anilines is 1. The number of aromatic nitrogens is 1. The lowest BCUT2D eigenvalue weighted by molar-refractivity contribution is -0.116. The molecule has 0 radical (unpaired) electrons. The van der Waals surface area contributed by atoms with Crippen LogP contribution in [0.4, 0.5) is 5.69 Å². The highest BCUT2D eigenvalue weighted by atomic mass is 32.1. The molecule has 0 unspecified atom stereocenters. The first-order valence-corrected chi connectivity index (χ1v) is 9.17. The number of nitrogens with one attached hydrogen (secondary N) is 1. The van der Waals surface area contributed by atoms with Crippen LogP contribution in [0.5, 0.6) is 11.5 Å². The van der Waals surface area contributed by atoms with Crippen molar-refractivity contribution in [2.75, 3.05) is 19.5 Å². The largest absolute Gasteiger partial charge is 0.493 e. The third-order valence-electron chi connectivity index (χ3n) is 4.43. The monoisotopic (exact) mass is 366 g/mol. The molecule has 1 N–H and O–H groups in total. The van der Waals surface area contributed by atoms with E-state index in [1.807, 2.05) is 30.3 Å². The number of fused-ring (bicyclic) bond motifs is 1. The number of nitrogens with zero attached hydrogens (tertiary/aromatic N) is 1. The molecule has 0 bridgehead atoms. The van der Waals surface area contributed by atoms with Gasteiger partial charge in [-0.2, -0.15) is 0 Å². The van der Waals surface area contributed by atoms with Crippen molar-refractivity contribution in [1.82, 2.24) is 4.98 Å². The van der Waals surface area contributed by atoms with Crippen molar-refractivity contribution in [3.63, 3.8) is 0 Å². The zero-order valence-corrected chi connectivity index (χ0v) is 15.4. The minimum absolute atomic E-state index is 0.0784. The van der Waals surface area contributed by atoms with Gasteiger partial charge in [-0.15, -0.1) is 11.3 Å². The Balaban J connectivity index is 1.65. The Morgan fingerprint density at radius 3 is 2.62 bits per heavy atom. The Kier molecular flexibility index (Phi) is 4.34. The van der Waals surface area contributed by atoms with Crippen molar-refractivity contribution >= 4 is 22.9 Å². The summed E-state index contributed by atoms with van der Waals surface area (Å²) in [4.78, 5) is 16.3. The summed E-state index contributed by atoms with van der Waals surface area (Å²) in [5.41, 5.74) is 5.04. The van der Waals surface area contributed by atoms with Crippen LogP contribution in [0.25, 0.3) is 21.8 Å². The summed E-state index contributed by atoms with van der Waals surface area (Å²) < 4.78 is 10.7. The molecule has 1 aliphatic heterocycles. The van der Waals surface area contributed by atoms with Gasteiger partial charge in [0.05, 0.1) is 19.9 Å². The molecule has 26 heavy (non-hydrogen) atoms. The summed E-state index contributed by atoms with van der Waals surface area (Å²) in [6.45, 7) is 0. The summed E-state index contributed by atoms with van der Waals surface area (Å²) in [7, 11) is 3.25. The number of aryl methyl sites for hydroxylation is 1. The third-order valence-corrected chi connectivity index (χ3v) is 5.32. The molecule has 3 aromatic rings. The molecule has 132 valence electrons. The minimum Gasteiger partial charge on any atom is -0.493 e. The van der Waals surface area contributed by atoms with E-state index in [0.29, 0.717) is 17.9 Å². The average molecular weight is 366 g/mol. The van der Waals surface area contributed by atoms with E-state index in [2.05, 4.69) is 16.8 Å². The van der Waals surface area contributed by atoms with Crippen molar-refractivity contribution in [3.05, 3.63) is 47.3 Å². The van der Waals surface area contributed by atoms with Crippen LogP contribution in [-0.2, 0) is 11.2 Å². The summed E-state index contributed by atoms with van der Waals surface area (Å²) in [5, 5.41) is 5.88. The number of hydrogen-bond donors (Lipinski definition) is 1. The Morgan fingerprint density at radius 1 is 1.00 bits per heavy atom. The highest BCUT2D eigenvalue weighted by Crippen LogP contribution is 2.36. The molecule has 4 rings (SSSR count). The zero-order valence-electron chi connectivity index (χ0n) is 14.5. The first kappa shape index (κ1) is 16.6. The molecular formula is C20H18N2O3S. The highest BCUT2D eigenvalue weighted by Gasteiger charge is 2.16. The van der Waals surface area contributed by atoms with E-state index < -0.39 is 0 Å². The van der Waals surface area contributed by atoms with Gasteiger partial charge in [-0.1, -0.05) is 6.07 Å². The fraction of sp³-hybridized carbons (Fsp3) is 0.200. The molecule has 6 heteroatoms. The lowest BCUT2D eigenvalue weighted by Gasteiger charge is -2.17. The van der Waals surface area contributed by atoms with E-state index in [1.165, 1.54) is 0 Å². The average Bonchev–Trinajstić information content (AvgIpc) is 3.17. The molecule has 0 saturated heterocycles. The lowest BCUT2D eigenvalue weighted by Crippen LogP contribution is -2.18. The van der Waals surface area contributed by atoms with Crippen molar-refractivity contribution in [1.29, 1.82) is 0 Å². The van der Waals surface area contributed by atoms with Crippen molar-refractivity contribution < 1.29 is 14.3 Å². The second-order valence-electron chi connectivity index (χ2n) is 6.03. The number of hydrogen-bond acceptors (Lipinski definition) is 5. The highest BCUT2D eigenvalue weighted by molar-refractivity contribution is 7.13. The zero-order chi connectivity index (χ0) is 18.1. The molecule has 0 aliphatic carbocycles. The van der Waals surface area contributed by atoms with E-state index in [0.717, 1.165) is 39.5 Å². The molecule has 5 nitrogen and oxygen atoms in total. The lowest BCUT2D eigenvalue weighted by atomic mass is 9.99. The first-order valence-electron chi connectivity index (χ1n) is 8.29. The Labute approximate surface area is 155 Å². The van der Waals surface area contributed by atoms with Crippen molar-refractivity contribution in [2.24, 2.45) is 0 Å². The number of ether oxygens (including phenoxy) is 2. The summed E-state index contributed by atoms with van der Waals surface area (Å²) in [5.74, 6) is 1.46.